The second kappa shape index (κ2) is 6.44. The molecule has 0 unspecified atom stereocenters. The summed E-state index contributed by atoms with van der Waals surface area (Å²) in [4.78, 5) is 11.6. The fourth-order valence-corrected chi connectivity index (χ4v) is 1.38. The van der Waals surface area contributed by atoms with Gasteiger partial charge in [-0.2, -0.15) is 0 Å². The molecule has 0 aromatic rings. The minimum atomic E-state index is 0.141. The van der Waals surface area contributed by atoms with Crippen molar-refractivity contribution in [3.63, 3.8) is 0 Å². The first-order valence-electron chi connectivity index (χ1n) is 5.30. The molecular weight excluding hydrogens is 242 g/mol. The van der Waals surface area contributed by atoms with Crippen LogP contribution in [0.15, 0.2) is 0 Å². The fourth-order valence-electron chi connectivity index (χ4n) is 1.18. The molecule has 0 spiro atoms. The molecule has 0 aromatic carbocycles. The van der Waals surface area contributed by atoms with E-state index in [1.54, 1.807) is 0 Å². The Bertz CT molecular complexity index is 176. The smallest absolute Gasteiger partial charge is 0.223 e. The molecule has 84 valence electrons. The molecule has 0 aliphatic heterocycles. The second-order valence-electron chi connectivity index (χ2n) is 4.53. The minimum Gasteiger partial charge on any atom is -0.355 e. The predicted octanol–water partition coefficient (Wildman–Crippen LogP) is 2.96. The maximum atomic E-state index is 11.6. The van der Waals surface area contributed by atoms with E-state index in [-0.39, 0.29) is 17.2 Å². The third-order valence-corrected chi connectivity index (χ3v) is 3.98. The van der Waals surface area contributed by atoms with E-state index in [4.69, 9.17) is 0 Å². The zero-order valence-electron chi connectivity index (χ0n) is 9.69. The summed E-state index contributed by atoms with van der Waals surface area (Å²) in [6, 6.07) is 0. The number of hydrogen-bond acceptors (Lipinski definition) is 1. The highest BCUT2D eigenvalue weighted by Crippen LogP contribution is 2.17. The fraction of sp³-hybridized carbons (Fsp3) is 0.909. The highest BCUT2D eigenvalue weighted by molar-refractivity contribution is 9.09. The van der Waals surface area contributed by atoms with Crippen LogP contribution in [0.1, 0.15) is 40.5 Å². The van der Waals surface area contributed by atoms with Crippen molar-refractivity contribution in [3.05, 3.63) is 0 Å². The average Bonchev–Trinajstić information content (AvgIpc) is 2.17. The first-order chi connectivity index (χ1) is 6.46. The Balaban J connectivity index is 3.95. The Hall–Kier alpha value is -0.0500. The van der Waals surface area contributed by atoms with Crippen LogP contribution < -0.4 is 5.32 Å². The number of halogens is 1. The molecule has 0 atom stereocenters. The molecule has 14 heavy (non-hydrogen) atoms. The molecule has 0 saturated carbocycles. The summed E-state index contributed by atoms with van der Waals surface area (Å²) in [5.74, 6) is 0.380. The largest absolute Gasteiger partial charge is 0.355 e. The number of amides is 1. The molecule has 1 amide bonds. The monoisotopic (exact) mass is 263 g/mol. The molecule has 1 N–H and O–H groups in total. The SMILES string of the molecule is CCC(CC)C(=O)NCC(C)(C)CBr. The third kappa shape index (κ3) is 4.99. The van der Waals surface area contributed by atoms with E-state index in [0.717, 1.165) is 24.7 Å². The van der Waals surface area contributed by atoms with Gasteiger partial charge in [-0.1, -0.05) is 43.6 Å². The van der Waals surface area contributed by atoms with Crippen LogP contribution in [0.2, 0.25) is 0 Å². The van der Waals surface area contributed by atoms with Gasteiger partial charge in [0.25, 0.3) is 0 Å². The molecule has 0 saturated heterocycles. The summed E-state index contributed by atoms with van der Waals surface area (Å²) in [6.07, 6.45) is 1.86. The van der Waals surface area contributed by atoms with Gasteiger partial charge in [0.15, 0.2) is 0 Å². The maximum absolute atomic E-state index is 11.6. The Morgan fingerprint density at radius 1 is 1.36 bits per heavy atom. The molecule has 0 bridgehead atoms. The van der Waals surface area contributed by atoms with Gasteiger partial charge < -0.3 is 5.32 Å². The van der Waals surface area contributed by atoms with Gasteiger partial charge in [0.05, 0.1) is 0 Å². The van der Waals surface area contributed by atoms with Gasteiger partial charge >= 0.3 is 0 Å². The van der Waals surface area contributed by atoms with Crippen molar-refractivity contribution < 1.29 is 4.79 Å². The van der Waals surface area contributed by atoms with Crippen LogP contribution in [0.3, 0.4) is 0 Å². The zero-order chi connectivity index (χ0) is 11.2. The lowest BCUT2D eigenvalue weighted by Crippen LogP contribution is -2.38. The summed E-state index contributed by atoms with van der Waals surface area (Å²) in [7, 11) is 0. The first kappa shape index (κ1) is 13.9. The highest BCUT2D eigenvalue weighted by atomic mass is 79.9. The van der Waals surface area contributed by atoms with Crippen molar-refractivity contribution in [1.29, 1.82) is 0 Å². The van der Waals surface area contributed by atoms with Gasteiger partial charge in [-0.3, -0.25) is 4.79 Å². The summed E-state index contributed by atoms with van der Waals surface area (Å²) in [5.41, 5.74) is 0.141. The Labute approximate surface area is 96.0 Å². The van der Waals surface area contributed by atoms with Crippen molar-refractivity contribution in [3.8, 4) is 0 Å². The van der Waals surface area contributed by atoms with Gasteiger partial charge in [-0.25, -0.2) is 0 Å². The Morgan fingerprint density at radius 2 is 1.86 bits per heavy atom. The summed E-state index contributed by atoms with van der Waals surface area (Å²) in [5, 5.41) is 3.91. The van der Waals surface area contributed by atoms with Crippen LogP contribution >= 0.6 is 15.9 Å². The maximum Gasteiger partial charge on any atom is 0.223 e. The van der Waals surface area contributed by atoms with Crippen LogP contribution in [0.25, 0.3) is 0 Å². The van der Waals surface area contributed by atoms with Crippen LogP contribution in [0.5, 0.6) is 0 Å². The van der Waals surface area contributed by atoms with E-state index in [9.17, 15) is 4.79 Å². The van der Waals surface area contributed by atoms with Gasteiger partial charge in [-0.15, -0.1) is 0 Å². The van der Waals surface area contributed by atoms with Gasteiger partial charge in [-0.05, 0) is 18.3 Å². The molecular formula is C11H22BrNO. The molecule has 3 heteroatoms. The van der Waals surface area contributed by atoms with Crippen molar-refractivity contribution in [2.45, 2.75) is 40.5 Å². The van der Waals surface area contributed by atoms with Crippen LogP contribution in [-0.2, 0) is 4.79 Å². The average molecular weight is 264 g/mol. The van der Waals surface area contributed by atoms with E-state index >= 15 is 0 Å². The van der Waals surface area contributed by atoms with Crippen LogP contribution in [0.4, 0.5) is 0 Å². The number of nitrogens with one attached hydrogen (secondary N) is 1. The minimum absolute atomic E-state index is 0.141. The quantitative estimate of drug-likeness (QED) is 0.734. The second-order valence-corrected chi connectivity index (χ2v) is 5.09. The molecule has 0 rings (SSSR count). The Morgan fingerprint density at radius 3 is 2.21 bits per heavy atom. The lowest BCUT2D eigenvalue weighted by Gasteiger charge is -2.23. The number of alkyl halides is 1. The first-order valence-corrected chi connectivity index (χ1v) is 6.42. The summed E-state index contributed by atoms with van der Waals surface area (Å²) >= 11 is 3.44. The molecule has 0 aliphatic carbocycles. The number of hydrogen-bond donors (Lipinski definition) is 1. The molecule has 0 aromatic heterocycles. The summed E-state index contributed by atoms with van der Waals surface area (Å²) < 4.78 is 0. The predicted molar refractivity (Wildman–Crippen MR) is 64.7 cm³/mol. The van der Waals surface area contributed by atoms with Crippen molar-refractivity contribution in [1.82, 2.24) is 5.32 Å². The van der Waals surface area contributed by atoms with E-state index in [2.05, 4.69) is 48.9 Å². The van der Waals surface area contributed by atoms with Crippen molar-refractivity contribution in [2.75, 3.05) is 11.9 Å². The lowest BCUT2D eigenvalue weighted by atomic mass is 9.95. The molecule has 0 radical (unpaired) electrons. The third-order valence-electron chi connectivity index (χ3n) is 2.46. The van der Waals surface area contributed by atoms with E-state index in [0.29, 0.717) is 0 Å². The van der Waals surface area contributed by atoms with Crippen LogP contribution in [0, 0.1) is 11.3 Å². The summed E-state index contributed by atoms with van der Waals surface area (Å²) in [6.45, 7) is 9.13. The van der Waals surface area contributed by atoms with Gasteiger partial charge in [0.2, 0.25) is 5.91 Å². The molecule has 0 aliphatic rings. The Kier molecular flexibility index (Phi) is 6.41. The highest BCUT2D eigenvalue weighted by Gasteiger charge is 2.19. The molecule has 0 fully saturated rings. The number of carbonyl (C=O) groups excluding carboxylic acids is 1. The topological polar surface area (TPSA) is 29.1 Å². The molecule has 2 nitrogen and oxygen atoms in total. The van der Waals surface area contributed by atoms with Crippen molar-refractivity contribution >= 4 is 21.8 Å². The number of carbonyl (C=O) groups is 1. The number of rotatable bonds is 6. The lowest BCUT2D eigenvalue weighted by molar-refractivity contribution is -0.125. The van der Waals surface area contributed by atoms with E-state index in [1.807, 2.05) is 0 Å². The normalized spacial score (nSPS) is 11.9. The van der Waals surface area contributed by atoms with Crippen LogP contribution in [-0.4, -0.2) is 17.8 Å². The zero-order valence-corrected chi connectivity index (χ0v) is 11.3. The molecule has 0 heterocycles. The van der Waals surface area contributed by atoms with Gasteiger partial charge in [0.1, 0.15) is 0 Å². The van der Waals surface area contributed by atoms with Crippen molar-refractivity contribution in [2.24, 2.45) is 11.3 Å². The standard InChI is InChI=1S/C11H22BrNO/c1-5-9(6-2)10(14)13-8-11(3,4)7-12/h9H,5-8H2,1-4H3,(H,13,14). The van der Waals surface area contributed by atoms with E-state index in [1.165, 1.54) is 0 Å². The van der Waals surface area contributed by atoms with Gasteiger partial charge in [0, 0.05) is 17.8 Å². The van der Waals surface area contributed by atoms with E-state index < -0.39 is 0 Å².